The molecule has 0 atom stereocenters. The van der Waals surface area contributed by atoms with E-state index in [-0.39, 0.29) is 0 Å². The molecule has 1 fully saturated rings. The van der Waals surface area contributed by atoms with Crippen molar-refractivity contribution in [2.75, 3.05) is 23.3 Å². The van der Waals surface area contributed by atoms with Crippen LogP contribution in [0, 0.1) is 0 Å². The minimum absolute atomic E-state index is 0.502. The van der Waals surface area contributed by atoms with Gasteiger partial charge < -0.3 is 14.4 Å². The molecular weight excluding hydrogens is 376 g/mol. The molecular formula is C25H26N2O3. The maximum Gasteiger partial charge on any atom is 0.417 e. The molecule has 0 unspecified atom stereocenters. The Bertz CT molecular complexity index is 952. The second-order valence-electron chi connectivity index (χ2n) is 7.33. The van der Waals surface area contributed by atoms with Crippen molar-refractivity contribution >= 4 is 17.5 Å². The third-order valence-corrected chi connectivity index (χ3v) is 5.11. The minimum Gasteiger partial charge on any atom is -0.489 e. The van der Waals surface area contributed by atoms with Crippen LogP contribution in [0.2, 0.25) is 0 Å². The number of nitrogens with zero attached hydrogens (tertiary/aromatic N) is 1. The zero-order valence-electron chi connectivity index (χ0n) is 16.9. The van der Waals surface area contributed by atoms with Gasteiger partial charge in [-0.15, -0.1) is 0 Å². The van der Waals surface area contributed by atoms with Crippen LogP contribution in [0.15, 0.2) is 78.9 Å². The summed E-state index contributed by atoms with van der Waals surface area (Å²) in [5.74, 6) is 1.33. The van der Waals surface area contributed by atoms with Gasteiger partial charge >= 0.3 is 6.09 Å². The molecule has 1 heterocycles. The number of piperidine rings is 1. The highest BCUT2D eigenvalue weighted by Gasteiger charge is 2.17. The van der Waals surface area contributed by atoms with Crippen LogP contribution in [0.4, 0.5) is 16.2 Å². The monoisotopic (exact) mass is 402 g/mol. The molecule has 1 N–H and O–H groups in total. The number of rotatable bonds is 6. The lowest BCUT2D eigenvalue weighted by Gasteiger charge is -2.29. The van der Waals surface area contributed by atoms with Crippen molar-refractivity contribution < 1.29 is 14.3 Å². The zero-order chi connectivity index (χ0) is 20.6. The Labute approximate surface area is 177 Å². The van der Waals surface area contributed by atoms with Crippen molar-refractivity contribution in [3.05, 3.63) is 84.4 Å². The number of ether oxygens (including phenoxy) is 2. The van der Waals surface area contributed by atoms with E-state index < -0.39 is 6.09 Å². The zero-order valence-corrected chi connectivity index (χ0v) is 16.9. The van der Waals surface area contributed by atoms with Gasteiger partial charge in [0.15, 0.2) is 5.75 Å². The first-order valence-electron chi connectivity index (χ1n) is 10.4. The maximum absolute atomic E-state index is 12.4. The van der Waals surface area contributed by atoms with Crippen LogP contribution in [0.5, 0.6) is 11.5 Å². The van der Waals surface area contributed by atoms with E-state index in [2.05, 4.69) is 10.2 Å². The Morgan fingerprint density at radius 2 is 1.53 bits per heavy atom. The van der Waals surface area contributed by atoms with Crippen LogP contribution in [0.1, 0.15) is 24.8 Å². The normalized spacial score (nSPS) is 13.5. The molecule has 1 amide bonds. The first-order chi connectivity index (χ1) is 14.8. The van der Waals surface area contributed by atoms with Gasteiger partial charge in [0, 0.05) is 18.8 Å². The summed E-state index contributed by atoms with van der Waals surface area (Å²) in [6, 6.07) is 25.0. The maximum atomic E-state index is 12.4. The molecule has 5 heteroatoms. The molecule has 3 aromatic carbocycles. The molecule has 30 heavy (non-hydrogen) atoms. The molecule has 0 bridgehead atoms. The predicted octanol–water partition coefficient (Wildman–Crippen LogP) is 5.87. The summed E-state index contributed by atoms with van der Waals surface area (Å²) < 4.78 is 11.4. The number of anilines is 2. The third kappa shape index (κ3) is 5.32. The van der Waals surface area contributed by atoms with Gasteiger partial charge in [0.1, 0.15) is 12.4 Å². The summed E-state index contributed by atoms with van der Waals surface area (Å²) in [4.78, 5) is 14.7. The van der Waals surface area contributed by atoms with E-state index in [0.29, 0.717) is 18.0 Å². The highest BCUT2D eigenvalue weighted by molar-refractivity contribution is 5.87. The second kappa shape index (κ2) is 9.83. The number of hydrogen-bond acceptors (Lipinski definition) is 4. The molecule has 5 nitrogen and oxygen atoms in total. The average molecular weight is 402 g/mol. The lowest BCUT2D eigenvalue weighted by atomic mass is 10.1. The Hall–Kier alpha value is -3.47. The number of carbonyl (C=O) groups is 1. The number of nitrogens with one attached hydrogen (secondary N) is 1. The summed E-state index contributed by atoms with van der Waals surface area (Å²) in [7, 11) is 0. The number of hydrogen-bond donors (Lipinski definition) is 1. The van der Waals surface area contributed by atoms with Gasteiger partial charge in [-0.1, -0.05) is 42.5 Å². The average Bonchev–Trinajstić information content (AvgIpc) is 2.80. The van der Waals surface area contributed by atoms with Crippen molar-refractivity contribution in [1.29, 1.82) is 0 Å². The van der Waals surface area contributed by atoms with Gasteiger partial charge in [-0.2, -0.15) is 0 Å². The van der Waals surface area contributed by atoms with Crippen LogP contribution in [0.25, 0.3) is 0 Å². The van der Waals surface area contributed by atoms with Crippen LogP contribution in [-0.4, -0.2) is 19.2 Å². The molecule has 1 saturated heterocycles. The lowest BCUT2D eigenvalue weighted by Crippen LogP contribution is -2.30. The van der Waals surface area contributed by atoms with Gasteiger partial charge in [0.25, 0.3) is 0 Å². The van der Waals surface area contributed by atoms with E-state index >= 15 is 0 Å². The van der Waals surface area contributed by atoms with Crippen molar-refractivity contribution in [1.82, 2.24) is 0 Å². The number of carbonyl (C=O) groups excluding carboxylic acids is 1. The van der Waals surface area contributed by atoms with Crippen molar-refractivity contribution in [3.8, 4) is 11.5 Å². The topological polar surface area (TPSA) is 50.8 Å². The standard InChI is InChI=1S/C25H26N2O3/c28-25(30-24-12-6-5-11-23(24)27-17-7-2-8-18-27)26-21-13-15-22(16-14-21)29-19-20-9-3-1-4-10-20/h1,3-6,9-16H,2,7-8,17-19H2,(H,26,28). The molecule has 4 rings (SSSR count). The molecule has 154 valence electrons. The minimum atomic E-state index is -0.502. The molecule has 0 aliphatic carbocycles. The Morgan fingerprint density at radius 3 is 2.30 bits per heavy atom. The molecule has 0 saturated carbocycles. The van der Waals surface area contributed by atoms with Crippen LogP contribution >= 0.6 is 0 Å². The van der Waals surface area contributed by atoms with Crippen LogP contribution in [-0.2, 0) is 6.61 Å². The van der Waals surface area contributed by atoms with E-state index in [4.69, 9.17) is 9.47 Å². The predicted molar refractivity (Wildman–Crippen MR) is 119 cm³/mol. The highest BCUT2D eigenvalue weighted by atomic mass is 16.6. The molecule has 0 aromatic heterocycles. The molecule has 0 radical (unpaired) electrons. The largest absolute Gasteiger partial charge is 0.489 e. The Balaban J connectivity index is 1.33. The van der Waals surface area contributed by atoms with Crippen molar-refractivity contribution in [2.45, 2.75) is 25.9 Å². The van der Waals surface area contributed by atoms with Crippen LogP contribution < -0.4 is 19.7 Å². The fraction of sp³-hybridized carbons (Fsp3) is 0.240. The van der Waals surface area contributed by atoms with Gasteiger partial charge in [0.05, 0.1) is 5.69 Å². The van der Waals surface area contributed by atoms with Gasteiger partial charge in [-0.3, -0.25) is 5.32 Å². The van der Waals surface area contributed by atoms with E-state index in [0.717, 1.165) is 30.1 Å². The van der Waals surface area contributed by atoms with E-state index in [1.54, 1.807) is 12.1 Å². The SMILES string of the molecule is O=C(Nc1ccc(OCc2ccccc2)cc1)Oc1ccccc1N1CCCCC1. The summed E-state index contributed by atoms with van der Waals surface area (Å²) in [5, 5.41) is 2.79. The Morgan fingerprint density at radius 1 is 0.833 bits per heavy atom. The van der Waals surface area contributed by atoms with E-state index in [9.17, 15) is 4.79 Å². The summed E-state index contributed by atoms with van der Waals surface area (Å²) in [6.07, 6.45) is 3.08. The molecule has 1 aliphatic heterocycles. The van der Waals surface area contributed by atoms with E-state index in [1.165, 1.54) is 19.3 Å². The fourth-order valence-corrected chi connectivity index (χ4v) is 3.56. The fourth-order valence-electron chi connectivity index (χ4n) is 3.56. The van der Waals surface area contributed by atoms with Gasteiger partial charge in [-0.05, 0) is 61.2 Å². The summed E-state index contributed by atoms with van der Waals surface area (Å²) >= 11 is 0. The quantitative estimate of drug-likeness (QED) is 0.560. The second-order valence-corrected chi connectivity index (χ2v) is 7.33. The van der Waals surface area contributed by atoms with E-state index in [1.807, 2.05) is 66.7 Å². The number of benzene rings is 3. The highest BCUT2D eigenvalue weighted by Crippen LogP contribution is 2.30. The smallest absolute Gasteiger partial charge is 0.417 e. The van der Waals surface area contributed by atoms with Crippen molar-refractivity contribution in [2.24, 2.45) is 0 Å². The van der Waals surface area contributed by atoms with Gasteiger partial charge in [0.2, 0.25) is 0 Å². The summed E-state index contributed by atoms with van der Waals surface area (Å²) in [6.45, 7) is 2.49. The molecule has 1 aliphatic rings. The number of amides is 1. The third-order valence-electron chi connectivity index (χ3n) is 5.11. The molecule has 3 aromatic rings. The first kappa shape index (κ1) is 19.8. The first-order valence-corrected chi connectivity index (χ1v) is 10.4. The van der Waals surface area contributed by atoms with Crippen LogP contribution in [0.3, 0.4) is 0 Å². The Kier molecular flexibility index (Phi) is 6.50. The number of para-hydroxylation sites is 2. The lowest BCUT2D eigenvalue weighted by molar-refractivity contribution is 0.215. The van der Waals surface area contributed by atoms with Gasteiger partial charge in [-0.25, -0.2) is 4.79 Å². The summed E-state index contributed by atoms with van der Waals surface area (Å²) in [5.41, 5.74) is 2.73. The van der Waals surface area contributed by atoms with Crippen molar-refractivity contribution in [3.63, 3.8) is 0 Å². The molecule has 0 spiro atoms.